The van der Waals surface area contributed by atoms with Crippen LogP contribution in [0.3, 0.4) is 0 Å². The molecule has 1 aromatic carbocycles. The van der Waals surface area contributed by atoms with Crippen molar-refractivity contribution in [1.29, 1.82) is 0 Å². The van der Waals surface area contributed by atoms with Crippen LogP contribution in [0, 0.1) is 34.5 Å². The minimum Gasteiger partial charge on any atom is -0.476 e. The van der Waals surface area contributed by atoms with E-state index in [-0.39, 0.29) is 72.3 Å². The van der Waals surface area contributed by atoms with Gasteiger partial charge in [-0.15, -0.1) is 10.2 Å². The molecule has 294 valence electrons. The molecule has 0 bridgehead atoms. The predicted molar refractivity (Wildman–Crippen MR) is 204 cm³/mol. The Hall–Kier alpha value is -3.87. The number of Topliss-reactive ketones (excluding diaryl/α,β-unsaturated/α-hetero) is 2. The quantitative estimate of drug-likeness (QED) is 0.285. The highest BCUT2D eigenvalue weighted by Gasteiger charge is 2.61. The summed E-state index contributed by atoms with van der Waals surface area (Å²) in [5.41, 5.74) is -1.49. The van der Waals surface area contributed by atoms with E-state index in [9.17, 15) is 27.6 Å². The van der Waals surface area contributed by atoms with Crippen LogP contribution in [0.2, 0.25) is 0 Å². The molecule has 2 aliphatic carbocycles. The first kappa shape index (κ1) is 39.8. The van der Waals surface area contributed by atoms with Gasteiger partial charge in [-0.2, -0.15) is 0 Å². The van der Waals surface area contributed by atoms with Crippen molar-refractivity contribution in [3.63, 3.8) is 0 Å². The molecule has 2 aliphatic heterocycles. The van der Waals surface area contributed by atoms with E-state index in [1.807, 2.05) is 71.0 Å². The molecular weight excluding hydrogens is 709 g/mol. The van der Waals surface area contributed by atoms with Gasteiger partial charge < -0.3 is 14.4 Å². The van der Waals surface area contributed by atoms with Crippen molar-refractivity contribution in [2.75, 3.05) is 13.2 Å². The summed E-state index contributed by atoms with van der Waals surface area (Å²) in [7, 11) is -3.84. The molecule has 6 rings (SSSR count). The fourth-order valence-corrected chi connectivity index (χ4v) is 9.82. The predicted octanol–water partition coefficient (Wildman–Crippen LogP) is 5.97. The topological polar surface area (TPSA) is 162 Å². The van der Waals surface area contributed by atoms with Crippen molar-refractivity contribution >= 4 is 44.2 Å². The molecular formula is C41H56N4O8S. The van der Waals surface area contributed by atoms with Crippen LogP contribution in [0.4, 0.5) is 0 Å². The Morgan fingerprint density at radius 1 is 1.02 bits per heavy atom. The van der Waals surface area contributed by atoms with Crippen LogP contribution >= 0.6 is 0 Å². The zero-order chi connectivity index (χ0) is 39.0. The Kier molecular flexibility index (Phi) is 11.6. The lowest BCUT2D eigenvalue weighted by molar-refractivity contribution is -0.145. The highest BCUT2D eigenvalue weighted by Crippen LogP contribution is 2.57. The molecule has 2 saturated carbocycles. The normalized spacial score (nSPS) is 30.1. The first-order chi connectivity index (χ1) is 25.5. The molecule has 3 fully saturated rings. The summed E-state index contributed by atoms with van der Waals surface area (Å²) in [5, 5.41) is 9.39. The summed E-state index contributed by atoms with van der Waals surface area (Å²) in [5.74, 6) is -1.50. The second-order valence-electron chi connectivity index (χ2n) is 17.5. The molecule has 1 N–H and O–H groups in total. The maximum Gasteiger partial charge on any atom is 0.242 e. The average Bonchev–Trinajstić information content (AvgIpc) is 4.02. The fraction of sp³-hybridized carbons (Fsp3) is 0.659. The summed E-state index contributed by atoms with van der Waals surface area (Å²) in [6.45, 7) is 12.5. The summed E-state index contributed by atoms with van der Waals surface area (Å²) >= 11 is 0. The second-order valence-corrected chi connectivity index (χ2v) is 19.4. The summed E-state index contributed by atoms with van der Waals surface area (Å²) in [6, 6.07) is 6.49. The van der Waals surface area contributed by atoms with E-state index < -0.39 is 44.7 Å². The number of benzene rings is 1. The maximum atomic E-state index is 14.9. The number of amides is 2. The third kappa shape index (κ3) is 8.98. The number of hydrogen-bond donors (Lipinski definition) is 1. The summed E-state index contributed by atoms with van der Waals surface area (Å²) in [6.07, 6.45) is 7.31. The Morgan fingerprint density at radius 3 is 2.37 bits per heavy atom. The van der Waals surface area contributed by atoms with Crippen molar-refractivity contribution in [3.05, 3.63) is 36.4 Å². The zero-order valence-electron chi connectivity index (χ0n) is 32.5. The number of allylic oxidation sites excluding steroid dienone is 2. The minimum atomic E-state index is -3.84. The third-order valence-electron chi connectivity index (χ3n) is 11.5. The number of nitrogens with zero attached hydrogens (tertiary/aromatic N) is 3. The molecule has 7 atom stereocenters. The molecule has 4 aliphatic rings. The first-order valence-corrected chi connectivity index (χ1v) is 21.2. The van der Waals surface area contributed by atoms with Crippen molar-refractivity contribution in [1.82, 2.24) is 19.8 Å². The Balaban J connectivity index is 1.35. The molecule has 0 spiro atoms. The molecule has 13 heteroatoms. The number of ether oxygens (including phenoxy) is 2. The number of carbonyl (C=O) groups excluding carboxylic acids is 4. The number of nitrogens with one attached hydrogen (secondary N) is 1. The maximum absolute atomic E-state index is 14.9. The third-order valence-corrected chi connectivity index (χ3v) is 13.3. The van der Waals surface area contributed by atoms with Crippen molar-refractivity contribution < 1.29 is 37.1 Å². The summed E-state index contributed by atoms with van der Waals surface area (Å²) in [4.78, 5) is 58.4. The van der Waals surface area contributed by atoms with Gasteiger partial charge in [0.05, 0.1) is 40.6 Å². The van der Waals surface area contributed by atoms with Gasteiger partial charge in [0, 0.05) is 31.6 Å². The molecule has 0 radical (unpaired) electrons. The van der Waals surface area contributed by atoms with Gasteiger partial charge in [-0.3, -0.25) is 23.9 Å². The van der Waals surface area contributed by atoms with Gasteiger partial charge >= 0.3 is 0 Å². The SMILES string of the molecule is CCOc1nnc(O[C@@H]2C[C@H]3C(=O)C[C@]4(C(=O)NS(=O)(=O)C5CC5)C[C@H]4/C=C\CC[C@@H](C)C[C@@H](C)[C@H](CC(=O)CC(C)(C)C)C(=O)N3C2)c2ccccc12. The Morgan fingerprint density at radius 2 is 1.70 bits per heavy atom. The zero-order valence-corrected chi connectivity index (χ0v) is 33.3. The molecule has 0 unspecified atom stereocenters. The molecule has 54 heavy (non-hydrogen) atoms. The molecule has 2 amide bonds. The van der Waals surface area contributed by atoms with E-state index in [2.05, 4.69) is 21.8 Å². The lowest BCUT2D eigenvalue weighted by Gasteiger charge is -2.32. The molecule has 12 nitrogen and oxygen atoms in total. The lowest BCUT2D eigenvalue weighted by atomic mass is 9.79. The standard InChI is InChI=1S/C41H56N4O8S/c1-7-52-36-31-14-10-11-15-32(31)37(43-42-36)53-29-20-34-35(47)23-41(39(49)44-54(50,51)30-16-17-30)21-27(41)13-9-8-12-25(2)18-26(3)33(38(48)45(34)24-29)19-28(46)22-40(4,5)6/h9-11,13-15,25-27,29-30,33-34H,7-8,12,16-24H2,1-6H3,(H,44,49)/b13-9-/t25-,26-,27-,29-,33+,34+,41-/m1/s1. The van der Waals surface area contributed by atoms with Crippen molar-refractivity contribution in [3.8, 4) is 11.8 Å². The van der Waals surface area contributed by atoms with Crippen LogP contribution < -0.4 is 14.2 Å². The molecule has 3 heterocycles. The van der Waals surface area contributed by atoms with E-state index in [1.165, 1.54) is 0 Å². The number of hydrogen-bond acceptors (Lipinski definition) is 10. The Bertz CT molecular complexity index is 1900. The van der Waals surface area contributed by atoms with Crippen LogP contribution in [0.1, 0.15) is 106 Å². The first-order valence-electron chi connectivity index (χ1n) is 19.6. The van der Waals surface area contributed by atoms with Crippen LogP contribution in [0.5, 0.6) is 11.8 Å². The second kappa shape index (κ2) is 15.7. The van der Waals surface area contributed by atoms with Crippen LogP contribution in [0.25, 0.3) is 10.8 Å². The van der Waals surface area contributed by atoms with Gasteiger partial charge in [-0.1, -0.05) is 58.9 Å². The minimum absolute atomic E-state index is 0.000488. The largest absolute Gasteiger partial charge is 0.476 e. The number of sulfonamides is 1. The fourth-order valence-electron chi connectivity index (χ4n) is 8.44. The molecule has 2 aromatic rings. The summed E-state index contributed by atoms with van der Waals surface area (Å²) < 4.78 is 40.3. The molecule has 1 aromatic heterocycles. The van der Waals surface area contributed by atoms with Crippen LogP contribution in [-0.4, -0.2) is 77.4 Å². The van der Waals surface area contributed by atoms with E-state index >= 15 is 0 Å². The number of rotatable bonds is 10. The van der Waals surface area contributed by atoms with Crippen LogP contribution in [-0.2, 0) is 29.2 Å². The number of fused-ring (bicyclic) bond motifs is 3. The highest BCUT2D eigenvalue weighted by molar-refractivity contribution is 7.90. The average molecular weight is 765 g/mol. The van der Waals surface area contributed by atoms with Gasteiger partial charge in [0.15, 0.2) is 5.78 Å². The van der Waals surface area contributed by atoms with Crippen molar-refractivity contribution in [2.45, 2.75) is 123 Å². The van der Waals surface area contributed by atoms with Gasteiger partial charge in [0.2, 0.25) is 33.6 Å². The van der Waals surface area contributed by atoms with Gasteiger partial charge in [0.25, 0.3) is 0 Å². The highest BCUT2D eigenvalue weighted by atomic mass is 32.2. The number of carbonyl (C=O) groups is 4. The molecule has 1 saturated heterocycles. The van der Waals surface area contributed by atoms with Gasteiger partial charge in [-0.25, -0.2) is 8.42 Å². The van der Waals surface area contributed by atoms with Gasteiger partial charge in [0.1, 0.15) is 11.9 Å². The van der Waals surface area contributed by atoms with Crippen LogP contribution in [0.15, 0.2) is 36.4 Å². The Labute approximate surface area is 319 Å². The lowest BCUT2D eigenvalue weighted by Crippen LogP contribution is -2.47. The van der Waals surface area contributed by atoms with E-state index in [0.29, 0.717) is 48.9 Å². The number of ketones is 2. The monoisotopic (exact) mass is 764 g/mol. The van der Waals surface area contributed by atoms with E-state index in [4.69, 9.17) is 9.47 Å². The van der Waals surface area contributed by atoms with E-state index in [0.717, 1.165) is 19.3 Å². The van der Waals surface area contributed by atoms with Gasteiger partial charge in [-0.05, 0) is 80.8 Å². The smallest absolute Gasteiger partial charge is 0.242 e. The number of aromatic nitrogens is 2. The van der Waals surface area contributed by atoms with Crippen molar-refractivity contribution in [2.24, 2.45) is 34.5 Å². The van der Waals surface area contributed by atoms with E-state index in [1.54, 1.807) is 4.90 Å².